The number of nitrogens with zero attached hydrogens (tertiary/aromatic N) is 1. The number of aromatic carboxylic acids is 1. The van der Waals surface area contributed by atoms with Gasteiger partial charge in [-0.3, -0.25) is 0 Å². The number of anilines is 1. The number of carbonyl (C=O) groups excluding carboxylic acids is 1. The lowest BCUT2D eigenvalue weighted by atomic mass is 10.2. The lowest BCUT2D eigenvalue weighted by Gasteiger charge is -2.07. The Labute approximate surface area is 118 Å². The Morgan fingerprint density at radius 3 is 2.80 bits per heavy atom. The predicted octanol–water partition coefficient (Wildman–Crippen LogP) is 2.35. The van der Waals surface area contributed by atoms with Crippen LogP contribution in [-0.4, -0.2) is 22.3 Å². The van der Waals surface area contributed by atoms with Crippen LogP contribution in [0.2, 0.25) is 5.02 Å². The molecule has 2 rings (SSSR count). The third kappa shape index (κ3) is 3.48. The molecule has 0 unspecified atom stereocenters. The number of carbonyl (C=O) groups is 2. The van der Waals surface area contributed by atoms with Crippen molar-refractivity contribution in [1.82, 2.24) is 10.5 Å². The Balaban J connectivity index is 1.97. The molecule has 0 saturated heterocycles. The molecule has 0 aliphatic rings. The molecule has 0 fully saturated rings. The molecular weight excluding hydrogens is 286 g/mol. The zero-order chi connectivity index (χ0) is 14.5. The van der Waals surface area contributed by atoms with Crippen molar-refractivity contribution in [2.45, 2.75) is 6.54 Å². The van der Waals surface area contributed by atoms with E-state index >= 15 is 0 Å². The van der Waals surface area contributed by atoms with Crippen LogP contribution in [0.1, 0.15) is 16.1 Å². The predicted molar refractivity (Wildman–Crippen MR) is 70.8 cm³/mol. The van der Waals surface area contributed by atoms with Gasteiger partial charge in [0.2, 0.25) is 0 Å². The first-order chi connectivity index (χ1) is 9.56. The van der Waals surface area contributed by atoms with Crippen molar-refractivity contribution in [2.24, 2.45) is 0 Å². The molecule has 20 heavy (non-hydrogen) atoms. The molecule has 1 aromatic carbocycles. The third-order valence-corrected chi connectivity index (χ3v) is 2.70. The van der Waals surface area contributed by atoms with E-state index in [9.17, 15) is 9.59 Å². The molecule has 0 aliphatic heterocycles. The highest BCUT2D eigenvalue weighted by Crippen LogP contribution is 2.20. The molecule has 2 aromatic rings. The molecule has 0 aliphatic carbocycles. The van der Waals surface area contributed by atoms with Crippen LogP contribution in [-0.2, 0) is 6.54 Å². The monoisotopic (exact) mass is 295 g/mol. The van der Waals surface area contributed by atoms with E-state index in [-0.39, 0.29) is 17.1 Å². The molecule has 0 bridgehead atoms. The van der Waals surface area contributed by atoms with E-state index in [0.717, 1.165) is 0 Å². The minimum atomic E-state index is -1.17. The van der Waals surface area contributed by atoms with Gasteiger partial charge in [-0.25, -0.2) is 9.59 Å². The quantitative estimate of drug-likeness (QED) is 0.803. The summed E-state index contributed by atoms with van der Waals surface area (Å²) in [4.78, 5) is 22.5. The molecule has 3 N–H and O–H groups in total. The smallest absolute Gasteiger partial charge is 0.337 e. The molecule has 0 saturated carbocycles. The van der Waals surface area contributed by atoms with E-state index < -0.39 is 12.0 Å². The lowest BCUT2D eigenvalue weighted by Crippen LogP contribution is -2.28. The van der Waals surface area contributed by atoms with Crippen LogP contribution in [0.5, 0.6) is 0 Å². The molecule has 1 aromatic heterocycles. The fraction of sp³-hybridized carbons (Fsp3) is 0.0833. The van der Waals surface area contributed by atoms with Gasteiger partial charge in [-0.05, 0) is 18.2 Å². The normalized spacial score (nSPS) is 10.1. The van der Waals surface area contributed by atoms with Gasteiger partial charge in [-0.15, -0.1) is 0 Å². The van der Waals surface area contributed by atoms with Crippen LogP contribution in [0.25, 0.3) is 0 Å². The first-order valence-electron chi connectivity index (χ1n) is 5.53. The van der Waals surface area contributed by atoms with Gasteiger partial charge in [0.25, 0.3) is 0 Å². The Morgan fingerprint density at radius 2 is 2.15 bits per heavy atom. The number of carboxylic acid groups (broad SMARTS) is 1. The Bertz CT molecular complexity index is 628. The Morgan fingerprint density at radius 1 is 1.35 bits per heavy atom. The van der Waals surface area contributed by atoms with E-state index in [0.29, 0.717) is 11.4 Å². The van der Waals surface area contributed by atoms with E-state index in [4.69, 9.17) is 21.2 Å². The highest BCUT2D eigenvalue weighted by Gasteiger charge is 2.11. The molecule has 0 radical (unpaired) electrons. The van der Waals surface area contributed by atoms with Crippen molar-refractivity contribution >= 4 is 29.3 Å². The topological polar surface area (TPSA) is 104 Å². The maximum atomic E-state index is 11.6. The van der Waals surface area contributed by atoms with Crippen LogP contribution in [0.4, 0.5) is 10.5 Å². The second kappa shape index (κ2) is 6.07. The van der Waals surface area contributed by atoms with E-state index in [1.165, 1.54) is 24.4 Å². The van der Waals surface area contributed by atoms with Gasteiger partial charge >= 0.3 is 12.0 Å². The molecule has 8 heteroatoms. The number of carboxylic acids is 1. The van der Waals surface area contributed by atoms with Crippen molar-refractivity contribution in [3.63, 3.8) is 0 Å². The highest BCUT2D eigenvalue weighted by molar-refractivity contribution is 6.33. The average molecular weight is 296 g/mol. The summed E-state index contributed by atoms with van der Waals surface area (Å²) >= 11 is 5.73. The van der Waals surface area contributed by atoms with Gasteiger partial charge in [0.1, 0.15) is 0 Å². The van der Waals surface area contributed by atoms with Crippen LogP contribution in [0, 0.1) is 0 Å². The second-order valence-electron chi connectivity index (χ2n) is 3.79. The number of aromatic nitrogens is 1. The number of amides is 2. The zero-order valence-corrected chi connectivity index (χ0v) is 10.8. The third-order valence-electron chi connectivity index (χ3n) is 2.37. The summed E-state index contributed by atoms with van der Waals surface area (Å²) in [5, 5.41) is 17.5. The minimum absolute atomic E-state index is 0.0836. The van der Waals surface area contributed by atoms with Crippen LogP contribution in [0.15, 0.2) is 35.0 Å². The van der Waals surface area contributed by atoms with Gasteiger partial charge in [0.15, 0.2) is 5.76 Å². The van der Waals surface area contributed by atoms with E-state index in [1.807, 2.05) is 0 Å². The van der Waals surface area contributed by atoms with Gasteiger partial charge in [0.05, 0.1) is 23.3 Å². The number of benzene rings is 1. The fourth-order valence-electron chi connectivity index (χ4n) is 1.44. The van der Waals surface area contributed by atoms with Crippen molar-refractivity contribution in [3.8, 4) is 0 Å². The first kappa shape index (κ1) is 13.9. The largest absolute Gasteiger partial charge is 0.478 e. The number of urea groups is 1. The average Bonchev–Trinajstić information content (AvgIpc) is 2.91. The Hall–Kier alpha value is -2.54. The lowest BCUT2D eigenvalue weighted by molar-refractivity contribution is 0.0697. The SMILES string of the molecule is O=C(NCc1ccno1)Nc1ccc(Cl)c(C(=O)O)c1. The van der Waals surface area contributed by atoms with Gasteiger partial charge < -0.3 is 20.3 Å². The summed E-state index contributed by atoms with van der Waals surface area (Å²) in [5.74, 6) is -0.664. The molecular formula is C12H10ClN3O4. The van der Waals surface area contributed by atoms with Crippen molar-refractivity contribution in [1.29, 1.82) is 0 Å². The summed E-state index contributed by atoms with van der Waals surface area (Å²) in [6, 6.07) is 5.30. The van der Waals surface area contributed by atoms with E-state index in [2.05, 4.69) is 15.8 Å². The number of hydrogen-bond donors (Lipinski definition) is 3. The molecule has 0 atom stereocenters. The molecule has 1 heterocycles. The van der Waals surface area contributed by atoms with Crippen molar-refractivity contribution in [2.75, 3.05) is 5.32 Å². The second-order valence-corrected chi connectivity index (χ2v) is 4.19. The van der Waals surface area contributed by atoms with Crippen LogP contribution < -0.4 is 10.6 Å². The van der Waals surface area contributed by atoms with Gasteiger partial charge in [-0.1, -0.05) is 16.8 Å². The Kier molecular flexibility index (Phi) is 4.21. The molecule has 0 spiro atoms. The minimum Gasteiger partial charge on any atom is -0.478 e. The number of hydrogen-bond acceptors (Lipinski definition) is 4. The fourth-order valence-corrected chi connectivity index (χ4v) is 1.64. The number of halogens is 1. The zero-order valence-electron chi connectivity index (χ0n) is 10.1. The summed E-state index contributed by atoms with van der Waals surface area (Å²) in [7, 11) is 0. The molecule has 7 nitrogen and oxygen atoms in total. The number of rotatable bonds is 4. The van der Waals surface area contributed by atoms with Crippen LogP contribution >= 0.6 is 11.6 Å². The van der Waals surface area contributed by atoms with Crippen LogP contribution in [0.3, 0.4) is 0 Å². The first-order valence-corrected chi connectivity index (χ1v) is 5.91. The van der Waals surface area contributed by atoms with Crippen molar-refractivity contribution in [3.05, 3.63) is 46.8 Å². The molecule has 2 amide bonds. The number of nitrogens with one attached hydrogen (secondary N) is 2. The highest BCUT2D eigenvalue weighted by atomic mass is 35.5. The summed E-state index contributed by atoms with van der Waals surface area (Å²) < 4.78 is 4.81. The molecule has 104 valence electrons. The van der Waals surface area contributed by atoms with Crippen molar-refractivity contribution < 1.29 is 19.2 Å². The van der Waals surface area contributed by atoms with Gasteiger partial charge in [0, 0.05) is 11.8 Å². The maximum Gasteiger partial charge on any atom is 0.337 e. The standard InChI is InChI=1S/C12H10ClN3O4/c13-10-2-1-7(5-9(10)11(17)18)16-12(19)14-6-8-3-4-15-20-8/h1-5H,6H2,(H,17,18)(H2,14,16,19). The maximum absolute atomic E-state index is 11.6. The van der Waals surface area contributed by atoms with Gasteiger partial charge in [-0.2, -0.15) is 0 Å². The van der Waals surface area contributed by atoms with E-state index in [1.54, 1.807) is 6.07 Å². The summed E-state index contributed by atoms with van der Waals surface area (Å²) in [6.45, 7) is 0.172. The summed E-state index contributed by atoms with van der Waals surface area (Å²) in [6.07, 6.45) is 1.47. The summed E-state index contributed by atoms with van der Waals surface area (Å²) in [5.41, 5.74) is 0.238.